The van der Waals surface area contributed by atoms with E-state index in [1.54, 1.807) is 17.5 Å². The monoisotopic (exact) mass is 379 g/mol. The van der Waals surface area contributed by atoms with Crippen molar-refractivity contribution in [2.45, 2.75) is 25.3 Å². The summed E-state index contributed by atoms with van der Waals surface area (Å²) in [7, 11) is 0. The first-order valence-corrected chi connectivity index (χ1v) is 10.0. The molecule has 1 atom stereocenters. The van der Waals surface area contributed by atoms with E-state index >= 15 is 0 Å². The SMILES string of the molecule is O=C(COc1ccccc1)N1CCCC[C@@H]1c1nc(-c2cccnc2)cs1. The molecular formula is C21H21N3O2S. The van der Waals surface area contributed by atoms with Crippen molar-refractivity contribution < 1.29 is 9.53 Å². The third-order valence-corrected chi connectivity index (χ3v) is 5.64. The lowest BCUT2D eigenvalue weighted by atomic mass is 10.0. The summed E-state index contributed by atoms with van der Waals surface area (Å²) in [6.07, 6.45) is 6.64. The fourth-order valence-corrected chi connectivity index (χ4v) is 4.29. The van der Waals surface area contributed by atoms with Crippen LogP contribution >= 0.6 is 11.3 Å². The summed E-state index contributed by atoms with van der Waals surface area (Å²) in [5.41, 5.74) is 1.92. The molecule has 1 saturated heterocycles. The molecule has 5 nitrogen and oxygen atoms in total. The molecule has 1 aromatic carbocycles. The summed E-state index contributed by atoms with van der Waals surface area (Å²) < 4.78 is 5.66. The molecule has 27 heavy (non-hydrogen) atoms. The number of pyridine rings is 1. The fraction of sp³-hybridized carbons (Fsp3) is 0.286. The second kappa shape index (κ2) is 8.31. The number of thiazole rings is 1. The summed E-state index contributed by atoms with van der Waals surface area (Å²) in [4.78, 5) is 23.7. The average molecular weight is 379 g/mol. The van der Waals surface area contributed by atoms with Gasteiger partial charge in [-0.2, -0.15) is 0 Å². The standard InChI is InChI=1S/C21H21N3O2S/c25-20(14-26-17-8-2-1-3-9-17)24-12-5-4-10-19(24)21-23-18(15-27-21)16-7-6-11-22-13-16/h1-3,6-9,11,13,15,19H,4-5,10,12,14H2/t19-/m1/s1. The number of aromatic nitrogens is 2. The normalized spacial score (nSPS) is 16.9. The highest BCUT2D eigenvalue weighted by Crippen LogP contribution is 2.34. The first-order valence-electron chi connectivity index (χ1n) is 9.14. The number of carbonyl (C=O) groups excluding carboxylic acids is 1. The highest BCUT2D eigenvalue weighted by molar-refractivity contribution is 7.10. The highest BCUT2D eigenvalue weighted by atomic mass is 32.1. The van der Waals surface area contributed by atoms with Crippen LogP contribution in [0.3, 0.4) is 0 Å². The summed E-state index contributed by atoms with van der Waals surface area (Å²) in [5, 5.41) is 3.03. The molecule has 0 unspecified atom stereocenters. The third-order valence-electron chi connectivity index (χ3n) is 4.69. The second-order valence-electron chi connectivity index (χ2n) is 6.51. The second-order valence-corrected chi connectivity index (χ2v) is 7.40. The molecule has 3 aromatic rings. The lowest BCUT2D eigenvalue weighted by Crippen LogP contribution is -2.41. The van der Waals surface area contributed by atoms with Gasteiger partial charge in [0.25, 0.3) is 5.91 Å². The first-order chi connectivity index (χ1) is 13.3. The molecule has 1 fully saturated rings. The van der Waals surface area contributed by atoms with Gasteiger partial charge in [-0.1, -0.05) is 18.2 Å². The van der Waals surface area contributed by atoms with Crippen molar-refractivity contribution in [3.05, 3.63) is 65.2 Å². The molecule has 4 rings (SSSR count). The number of rotatable bonds is 5. The van der Waals surface area contributed by atoms with Gasteiger partial charge in [-0.3, -0.25) is 9.78 Å². The molecule has 0 radical (unpaired) electrons. The van der Waals surface area contributed by atoms with Crippen LogP contribution in [0.1, 0.15) is 30.3 Å². The van der Waals surface area contributed by atoms with Crippen molar-refractivity contribution in [1.82, 2.24) is 14.9 Å². The van der Waals surface area contributed by atoms with Gasteiger partial charge in [0.1, 0.15) is 10.8 Å². The molecule has 2 aromatic heterocycles. The number of carbonyl (C=O) groups is 1. The molecule has 0 spiro atoms. The van der Waals surface area contributed by atoms with E-state index < -0.39 is 0 Å². The molecule has 6 heteroatoms. The minimum Gasteiger partial charge on any atom is -0.484 e. The minimum atomic E-state index is 0.0154. The number of nitrogens with zero attached hydrogens (tertiary/aromatic N) is 3. The summed E-state index contributed by atoms with van der Waals surface area (Å²) in [5.74, 6) is 0.731. The Balaban J connectivity index is 1.47. The summed E-state index contributed by atoms with van der Waals surface area (Å²) >= 11 is 1.61. The van der Waals surface area contributed by atoms with E-state index in [0.717, 1.165) is 42.1 Å². The van der Waals surface area contributed by atoms with Gasteiger partial charge in [0, 0.05) is 29.9 Å². The first kappa shape index (κ1) is 17.7. The Hall–Kier alpha value is -2.73. The van der Waals surface area contributed by atoms with Crippen LogP contribution in [0.15, 0.2) is 60.2 Å². The third kappa shape index (κ3) is 4.17. The number of ether oxygens (including phenoxy) is 1. The van der Waals surface area contributed by atoms with Crippen molar-refractivity contribution in [3.8, 4) is 17.0 Å². The van der Waals surface area contributed by atoms with Crippen molar-refractivity contribution in [1.29, 1.82) is 0 Å². The predicted octanol–water partition coefficient (Wildman–Crippen LogP) is 4.34. The maximum atomic E-state index is 12.8. The van der Waals surface area contributed by atoms with Crippen LogP contribution in [-0.4, -0.2) is 33.9 Å². The fourth-order valence-electron chi connectivity index (χ4n) is 3.32. The molecule has 1 amide bonds. The zero-order chi connectivity index (χ0) is 18.5. The minimum absolute atomic E-state index is 0.0154. The van der Waals surface area contributed by atoms with Crippen molar-refractivity contribution in [3.63, 3.8) is 0 Å². The van der Waals surface area contributed by atoms with Crippen LogP contribution in [0.25, 0.3) is 11.3 Å². The van der Waals surface area contributed by atoms with Gasteiger partial charge in [0.2, 0.25) is 0 Å². The van der Waals surface area contributed by atoms with Crippen molar-refractivity contribution in [2.24, 2.45) is 0 Å². The van der Waals surface area contributed by atoms with Crippen LogP contribution < -0.4 is 4.74 Å². The van der Waals surface area contributed by atoms with Crippen LogP contribution in [-0.2, 0) is 4.79 Å². The Kier molecular flexibility index (Phi) is 5.44. The highest BCUT2D eigenvalue weighted by Gasteiger charge is 2.30. The number of hydrogen-bond donors (Lipinski definition) is 0. The molecule has 0 saturated carbocycles. The predicted molar refractivity (Wildman–Crippen MR) is 106 cm³/mol. The lowest BCUT2D eigenvalue weighted by Gasteiger charge is -2.34. The zero-order valence-electron chi connectivity index (χ0n) is 15.0. The molecule has 1 aliphatic heterocycles. The smallest absolute Gasteiger partial charge is 0.261 e. The largest absolute Gasteiger partial charge is 0.484 e. The van der Waals surface area contributed by atoms with Crippen LogP contribution in [0, 0.1) is 0 Å². The van der Waals surface area contributed by atoms with E-state index in [0.29, 0.717) is 5.75 Å². The van der Waals surface area contributed by atoms with Gasteiger partial charge in [-0.25, -0.2) is 4.98 Å². The Morgan fingerprint density at radius 2 is 2.07 bits per heavy atom. The van der Waals surface area contributed by atoms with Crippen LogP contribution in [0.5, 0.6) is 5.75 Å². The van der Waals surface area contributed by atoms with Gasteiger partial charge in [0.05, 0.1) is 11.7 Å². The number of amides is 1. The van der Waals surface area contributed by atoms with Gasteiger partial charge < -0.3 is 9.64 Å². The van der Waals surface area contributed by atoms with Gasteiger partial charge >= 0.3 is 0 Å². The van der Waals surface area contributed by atoms with E-state index in [1.165, 1.54) is 0 Å². The molecule has 0 bridgehead atoms. The van der Waals surface area contributed by atoms with Crippen molar-refractivity contribution >= 4 is 17.2 Å². The molecular weight excluding hydrogens is 358 g/mol. The number of para-hydroxylation sites is 1. The molecule has 0 aliphatic carbocycles. The van der Waals surface area contributed by atoms with Gasteiger partial charge in [-0.05, 0) is 43.5 Å². The summed E-state index contributed by atoms with van der Waals surface area (Å²) in [6, 6.07) is 13.4. The number of hydrogen-bond acceptors (Lipinski definition) is 5. The quantitative estimate of drug-likeness (QED) is 0.662. The average Bonchev–Trinajstić information content (AvgIpc) is 3.23. The Bertz CT molecular complexity index is 883. The van der Waals surface area contributed by atoms with E-state index in [1.807, 2.05) is 58.9 Å². The van der Waals surface area contributed by atoms with Crippen LogP contribution in [0.4, 0.5) is 0 Å². The molecule has 0 N–H and O–H groups in total. The summed E-state index contributed by atoms with van der Waals surface area (Å²) in [6.45, 7) is 0.810. The van der Waals surface area contributed by atoms with E-state index in [9.17, 15) is 4.79 Å². The van der Waals surface area contributed by atoms with E-state index in [-0.39, 0.29) is 18.6 Å². The topological polar surface area (TPSA) is 55.3 Å². The van der Waals surface area contributed by atoms with E-state index in [2.05, 4.69) is 4.98 Å². The number of piperidine rings is 1. The zero-order valence-corrected chi connectivity index (χ0v) is 15.8. The Morgan fingerprint density at radius 1 is 1.19 bits per heavy atom. The Labute approximate surface area is 162 Å². The molecule has 138 valence electrons. The lowest BCUT2D eigenvalue weighted by molar-refractivity contribution is -0.137. The van der Waals surface area contributed by atoms with E-state index in [4.69, 9.17) is 9.72 Å². The van der Waals surface area contributed by atoms with Gasteiger partial charge in [-0.15, -0.1) is 11.3 Å². The maximum absolute atomic E-state index is 12.8. The van der Waals surface area contributed by atoms with Crippen LogP contribution in [0.2, 0.25) is 0 Å². The van der Waals surface area contributed by atoms with Gasteiger partial charge in [0.15, 0.2) is 6.61 Å². The number of likely N-dealkylation sites (tertiary alicyclic amines) is 1. The molecule has 3 heterocycles. The maximum Gasteiger partial charge on any atom is 0.261 e. The van der Waals surface area contributed by atoms with Crippen molar-refractivity contribution in [2.75, 3.05) is 13.2 Å². The Morgan fingerprint density at radius 3 is 2.89 bits per heavy atom. The number of benzene rings is 1. The molecule has 1 aliphatic rings.